The molecule has 0 saturated carbocycles. The van der Waals surface area contributed by atoms with E-state index in [2.05, 4.69) is 162 Å². The van der Waals surface area contributed by atoms with Crippen LogP contribution < -0.4 is 35.2 Å². The van der Waals surface area contributed by atoms with Crippen molar-refractivity contribution in [1.29, 1.82) is 0 Å². The summed E-state index contributed by atoms with van der Waals surface area (Å²) in [5.74, 6) is -2.11. The molecule has 0 radical (unpaired) electrons. The number of halogens is 1. The van der Waals surface area contributed by atoms with Crippen LogP contribution in [0.3, 0.4) is 0 Å². The fourth-order valence-corrected chi connectivity index (χ4v) is 7.26. The Hall–Kier alpha value is -6.18. The first-order valence-corrected chi connectivity index (χ1v) is 22.5. The van der Waals surface area contributed by atoms with Crippen molar-refractivity contribution in [3.8, 4) is 22.3 Å². The number of hydrogen-bond donors (Lipinski definition) is 7. The van der Waals surface area contributed by atoms with Gasteiger partial charge in [0.25, 0.3) is 0 Å². The Kier molecular flexibility index (Phi) is 29.7. The first-order chi connectivity index (χ1) is 33.2. The molecule has 0 aliphatic rings. The second-order valence-electron chi connectivity index (χ2n) is 16.2. The molecule has 0 aliphatic heterocycles. The van der Waals surface area contributed by atoms with Gasteiger partial charge in [-0.3, -0.25) is 25.0 Å². The van der Waals surface area contributed by atoms with Crippen molar-refractivity contribution in [1.82, 2.24) is 10.6 Å². The Labute approximate surface area is 441 Å². The summed E-state index contributed by atoms with van der Waals surface area (Å²) in [5.41, 5.74) is 21.3. The smallest absolute Gasteiger partial charge is 0.870 e. The van der Waals surface area contributed by atoms with E-state index in [0.717, 1.165) is 33.4 Å². The van der Waals surface area contributed by atoms with Crippen LogP contribution in [0.15, 0.2) is 133 Å². The van der Waals surface area contributed by atoms with Gasteiger partial charge in [0.15, 0.2) is 0 Å². The molecule has 15 heteroatoms. The van der Waals surface area contributed by atoms with E-state index in [1.54, 1.807) is 0 Å². The molecule has 3 atom stereocenters. The summed E-state index contributed by atoms with van der Waals surface area (Å²) < 4.78 is 8.86. The minimum Gasteiger partial charge on any atom is -0.870 e. The molecule has 6 aromatic rings. The van der Waals surface area contributed by atoms with Gasteiger partial charge in [-0.05, 0) is 106 Å². The Morgan fingerprint density at radius 2 is 0.931 bits per heavy atom. The summed E-state index contributed by atoms with van der Waals surface area (Å²) in [6.45, 7) is 8.17. The number of aliphatic hydroxyl groups is 3. The molecule has 0 saturated heterocycles. The summed E-state index contributed by atoms with van der Waals surface area (Å²) in [7, 11) is 2.53. The van der Waals surface area contributed by atoms with Gasteiger partial charge in [0.2, 0.25) is 0 Å². The van der Waals surface area contributed by atoms with Crippen LogP contribution in [0.5, 0.6) is 0 Å². The van der Waals surface area contributed by atoms with E-state index in [1.165, 1.54) is 58.7 Å². The number of nitrogens with two attached hydrogens (primary N) is 1. The average Bonchev–Trinajstić information content (AvgIpc) is 3.37. The quantitative estimate of drug-likeness (QED) is 0.0336. The Morgan fingerprint density at radius 1 is 0.542 bits per heavy atom. The zero-order chi connectivity index (χ0) is 50.3. The number of aryl methyl sites for hydroxylation is 2. The molecule has 0 bridgehead atoms. The number of esters is 2. The number of aliphatic hydroxyl groups excluding tert-OH is 3. The summed E-state index contributed by atoms with van der Waals surface area (Å²) >= 11 is 0. The van der Waals surface area contributed by atoms with Crippen molar-refractivity contribution in [3.05, 3.63) is 189 Å². The average molecular weight is 997 g/mol. The number of carboxylic acid groups (broad SMARTS) is 1. The summed E-state index contributed by atoms with van der Waals surface area (Å²) in [4.78, 5) is 32.8. The van der Waals surface area contributed by atoms with E-state index in [0.29, 0.717) is 13.1 Å². The number of ether oxygens (including phenoxy) is 2. The third-order valence-corrected chi connectivity index (χ3v) is 11.4. The SMILES string of the molecule is COC(=O)[C@@H](CO)NCc1ccc(/C=C/c2cccc(-c3ccccc3)c2C)c(C)c1.COC(=O)[C@H](N)CO.Cc1cc(CN[C@H](CO)C(=O)O)ccc1/C=C/c1cccc(-c2ccccc2)c1C.Cl.[Li+].[OH-]. The first-order valence-electron chi connectivity index (χ1n) is 22.5. The maximum atomic E-state index is 11.6. The van der Waals surface area contributed by atoms with Crippen LogP contribution in [-0.4, -0.2) is 96.0 Å². The molecule has 9 N–H and O–H groups in total. The van der Waals surface area contributed by atoms with Crippen LogP contribution in [0.2, 0.25) is 0 Å². The molecule has 0 unspecified atom stereocenters. The number of rotatable bonds is 18. The minimum atomic E-state index is -1.05. The normalized spacial score (nSPS) is 11.8. The van der Waals surface area contributed by atoms with Gasteiger partial charge < -0.3 is 41.1 Å². The second kappa shape index (κ2) is 33.5. The number of hydrogen-bond acceptors (Lipinski definition) is 12. The van der Waals surface area contributed by atoms with Crippen molar-refractivity contribution in [3.63, 3.8) is 0 Å². The third-order valence-electron chi connectivity index (χ3n) is 11.4. The molecule has 0 fully saturated rings. The summed E-state index contributed by atoms with van der Waals surface area (Å²) in [6, 6.07) is 43.2. The van der Waals surface area contributed by atoms with E-state index in [4.69, 9.17) is 21.1 Å². The van der Waals surface area contributed by atoms with Crippen molar-refractivity contribution in [2.45, 2.75) is 58.9 Å². The Bertz CT molecular complexity index is 2670. The van der Waals surface area contributed by atoms with Gasteiger partial charge in [0, 0.05) is 13.1 Å². The van der Waals surface area contributed by atoms with Gasteiger partial charge in [0.1, 0.15) is 18.1 Å². The van der Waals surface area contributed by atoms with E-state index in [9.17, 15) is 19.5 Å². The van der Waals surface area contributed by atoms with Gasteiger partial charge in [0.05, 0.1) is 34.0 Å². The van der Waals surface area contributed by atoms with Crippen LogP contribution in [0.1, 0.15) is 55.6 Å². The number of aliphatic carboxylic acids is 1. The van der Waals surface area contributed by atoms with Gasteiger partial charge in [-0.15, -0.1) is 12.4 Å². The summed E-state index contributed by atoms with van der Waals surface area (Å²) in [6.07, 6.45) is 8.53. The zero-order valence-electron chi connectivity index (χ0n) is 42.0. The van der Waals surface area contributed by atoms with Crippen LogP contribution in [0.4, 0.5) is 0 Å². The largest absolute Gasteiger partial charge is 1.00 e. The molecule has 0 heterocycles. The van der Waals surface area contributed by atoms with E-state index in [-0.39, 0.29) is 50.0 Å². The Morgan fingerprint density at radius 3 is 1.26 bits per heavy atom. The minimum absolute atomic E-state index is 0. The van der Waals surface area contributed by atoms with Crippen molar-refractivity contribution in [2.75, 3.05) is 34.0 Å². The maximum absolute atomic E-state index is 11.6. The molecule has 72 heavy (non-hydrogen) atoms. The molecule has 378 valence electrons. The fraction of sp³-hybridized carbons (Fsp3) is 0.246. The Balaban J connectivity index is 0.000000603. The van der Waals surface area contributed by atoms with Crippen LogP contribution in [0.25, 0.3) is 46.6 Å². The molecular formula is C57H67ClLiN3O10. The van der Waals surface area contributed by atoms with E-state index < -0.39 is 42.6 Å². The third kappa shape index (κ3) is 19.4. The number of methoxy groups -OCH3 is 2. The van der Waals surface area contributed by atoms with Gasteiger partial charge >= 0.3 is 36.8 Å². The van der Waals surface area contributed by atoms with Crippen LogP contribution >= 0.6 is 12.4 Å². The monoisotopic (exact) mass is 995 g/mol. The van der Waals surface area contributed by atoms with Crippen molar-refractivity contribution >= 4 is 54.6 Å². The second-order valence-corrected chi connectivity index (χ2v) is 16.2. The van der Waals surface area contributed by atoms with Gasteiger partial charge in [-0.1, -0.05) is 158 Å². The van der Waals surface area contributed by atoms with Crippen molar-refractivity contribution < 1.29 is 68.6 Å². The number of benzene rings is 6. The van der Waals surface area contributed by atoms with Crippen LogP contribution in [0, 0.1) is 27.7 Å². The number of carbonyl (C=O) groups excluding carboxylic acids is 2. The van der Waals surface area contributed by atoms with E-state index in [1.807, 2.05) is 43.3 Å². The predicted molar refractivity (Wildman–Crippen MR) is 285 cm³/mol. The number of nitrogens with one attached hydrogen (secondary N) is 2. The van der Waals surface area contributed by atoms with Crippen LogP contribution in [-0.2, 0) is 36.9 Å². The predicted octanol–water partition coefficient (Wildman–Crippen LogP) is 5.17. The first kappa shape index (κ1) is 63.8. The molecular weight excluding hydrogens is 929 g/mol. The van der Waals surface area contributed by atoms with Gasteiger partial charge in [-0.25, -0.2) is 0 Å². The molecule has 0 aromatic heterocycles. The molecule has 6 aromatic carbocycles. The molecule has 13 nitrogen and oxygen atoms in total. The zero-order valence-corrected chi connectivity index (χ0v) is 42.9. The van der Waals surface area contributed by atoms with Crippen molar-refractivity contribution in [2.24, 2.45) is 5.73 Å². The molecule has 0 spiro atoms. The standard InChI is InChI=1S/C27H29NO3.C26H27NO3.C4H9NO3.ClH.Li.H2O/c1-19-16-21(17-28-26(18-29)27(30)31-3)12-13-22(19)14-15-23-10-7-11-25(20(23)2)24-8-5-4-6-9-24;1-18-15-20(16-27-25(17-28)26(29)30)11-12-21(18)13-14-22-9-6-10-24(19(22)2)23-7-4-3-5-8-23;1-8-4(7)3(5)2-6;;;/h4-16,26,28-29H,17-18H2,1-3H3;3-15,25,27-28H,16-17H2,1-2H3,(H,29,30);3,6H,2,5H2,1H3;1H;;1H2/q;;;;+1;/p-1/b15-14+;14-13+;;;;/t26-;25-;3-;;;/m111.../s1. The fourth-order valence-electron chi connectivity index (χ4n) is 7.26. The molecule has 0 aliphatic carbocycles. The van der Waals surface area contributed by atoms with E-state index >= 15 is 0 Å². The number of carboxylic acids is 1. The summed E-state index contributed by atoms with van der Waals surface area (Å²) in [5, 5.41) is 41.5. The molecule has 0 amide bonds. The van der Waals surface area contributed by atoms with Gasteiger partial charge in [-0.2, -0.15) is 0 Å². The maximum Gasteiger partial charge on any atom is 1.00 e. The number of carbonyl (C=O) groups is 3. The molecule has 6 rings (SSSR count). The topological polar surface area (TPSA) is 231 Å².